The van der Waals surface area contributed by atoms with Crippen molar-refractivity contribution in [2.24, 2.45) is 0 Å². The van der Waals surface area contributed by atoms with Crippen LogP contribution in [0.15, 0.2) is 79.0 Å². The van der Waals surface area contributed by atoms with Crippen LogP contribution in [0.1, 0.15) is 60.5 Å². The van der Waals surface area contributed by atoms with E-state index in [2.05, 4.69) is 20.9 Å². The van der Waals surface area contributed by atoms with E-state index in [1.165, 1.54) is 24.3 Å². The van der Waals surface area contributed by atoms with Crippen LogP contribution < -0.4 is 21.7 Å². The highest BCUT2D eigenvalue weighted by atomic mass is 16.6. The first-order valence-electron chi connectivity index (χ1n) is 14.7. The van der Waals surface area contributed by atoms with Crippen LogP contribution in [-0.4, -0.2) is 39.8 Å². The Morgan fingerprint density at radius 3 is 2.34 bits per heavy atom. The molecule has 1 heterocycles. The van der Waals surface area contributed by atoms with Crippen LogP contribution >= 0.6 is 0 Å². The molecule has 11 heteroatoms. The van der Waals surface area contributed by atoms with Crippen molar-refractivity contribution in [1.82, 2.24) is 20.9 Å². The number of nitrogens with zero attached hydrogens (tertiary/aromatic N) is 1. The third-order valence-electron chi connectivity index (χ3n) is 8.60. The zero-order valence-electron chi connectivity index (χ0n) is 24.5. The zero-order chi connectivity index (χ0) is 31.3. The Labute approximate surface area is 254 Å². The van der Waals surface area contributed by atoms with E-state index in [9.17, 15) is 24.5 Å². The van der Waals surface area contributed by atoms with Gasteiger partial charge in [-0.1, -0.05) is 49.6 Å². The molecule has 1 saturated carbocycles. The number of para-hydroxylation sites is 1. The lowest BCUT2D eigenvalue weighted by molar-refractivity contribution is -0.384. The van der Waals surface area contributed by atoms with Crippen molar-refractivity contribution in [1.29, 1.82) is 0 Å². The molecule has 5 rings (SSSR count). The number of amides is 4. The van der Waals surface area contributed by atoms with Gasteiger partial charge in [0.2, 0.25) is 5.91 Å². The summed E-state index contributed by atoms with van der Waals surface area (Å²) in [7, 11) is 0. The fraction of sp³-hybridized carbons (Fsp3) is 0.303. The van der Waals surface area contributed by atoms with Crippen LogP contribution in [0.3, 0.4) is 0 Å². The van der Waals surface area contributed by atoms with Crippen molar-refractivity contribution in [2.75, 3.05) is 12.3 Å². The molecule has 1 atom stereocenters. The summed E-state index contributed by atoms with van der Waals surface area (Å²) in [5.74, 6) is -1.14. The van der Waals surface area contributed by atoms with Gasteiger partial charge in [-0.25, -0.2) is 4.79 Å². The van der Waals surface area contributed by atoms with Crippen LogP contribution in [0.4, 0.5) is 16.2 Å². The highest BCUT2D eigenvalue weighted by Crippen LogP contribution is 2.39. The molecule has 6 N–H and O–H groups in total. The molecule has 1 aliphatic carbocycles. The summed E-state index contributed by atoms with van der Waals surface area (Å²) >= 11 is 0. The average molecular weight is 597 g/mol. The molecule has 228 valence electrons. The van der Waals surface area contributed by atoms with Crippen LogP contribution in [0.2, 0.25) is 0 Å². The number of anilines is 1. The Bertz CT molecular complexity index is 1680. The number of nitrogens with one attached hydrogen (secondary N) is 4. The van der Waals surface area contributed by atoms with Gasteiger partial charge in [-0.05, 0) is 61.2 Å². The molecule has 4 aromatic rings. The molecule has 11 nitrogen and oxygen atoms in total. The van der Waals surface area contributed by atoms with Gasteiger partial charge in [-0.2, -0.15) is 0 Å². The van der Waals surface area contributed by atoms with E-state index in [-0.39, 0.29) is 29.0 Å². The number of rotatable bonds is 9. The number of H-pyrrole nitrogens is 1. The number of nitrogens with two attached hydrogens (primary N) is 1. The zero-order valence-corrected chi connectivity index (χ0v) is 24.5. The number of nitro benzene ring substituents is 1. The Kier molecular flexibility index (Phi) is 8.66. The van der Waals surface area contributed by atoms with E-state index in [1.807, 2.05) is 54.7 Å². The van der Waals surface area contributed by atoms with Gasteiger partial charge in [0.1, 0.15) is 5.54 Å². The molecule has 1 aromatic heterocycles. The largest absolute Gasteiger partial charge is 0.399 e. The number of non-ortho nitro benzene ring substituents is 1. The lowest BCUT2D eigenvalue weighted by atomic mass is 9.69. The van der Waals surface area contributed by atoms with Crippen molar-refractivity contribution >= 4 is 40.1 Å². The van der Waals surface area contributed by atoms with Gasteiger partial charge in [0.05, 0.1) is 4.92 Å². The topological polar surface area (TPSA) is 172 Å². The molecule has 0 bridgehead atoms. The predicted molar refractivity (Wildman–Crippen MR) is 168 cm³/mol. The van der Waals surface area contributed by atoms with E-state index in [0.717, 1.165) is 54.1 Å². The summed E-state index contributed by atoms with van der Waals surface area (Å²) in [6, 6.07) is 19.5. The van der Waals surface area contributed by atoms with Gasteiger partial charge >= 0.3 is 6.03 Å². The number of nitrogen functional groups attached to an aromatic ring is 1. The number of aromatic amines is 1. The second-order valence-electron chi connectivity index (χ2n) is 11.7. The molecule has 0 spiro atoms. The lowest BCUT2D eigenvalue weighted by Gasteiger charge is -2.39. The number of imide groups is 1. The summed E-state index contributed by atoms with van der Waals surface area (Å²) < 4.78 is 0. The van der Waals surface area contributed by atoms with Gasteiger partial charge in [0, 0.05) is 58.9 Å². The maximum atomic E-state index is 14.1. The van der Waals surface area contributed by atoms with Crippen LogP contribution in [0.5, 0.6) is 0 Å². The third-order valence-corrected chi connectivity index (χ3v) is 8.60. The Morgan fingerprint density at radius 1 is 0.977 bits per heavy atom. The number of urea groups is 1. The quantitative estimate of drug-likeness (QED) is 0.102. The Balaban J connectivity index is 1.37. The molecule has 0 aliphatic heterocycles. The Morgan fingerprint density at radius 2 is 1.66 bits per heavy atom. The van der Waals surface area contributed by atoms with E-state index < -0.39 is 22.4 Å². The molecule has 4 amide bonds. The Hall–Kier alpha value is -5.19. The maximum Gasteiger partial charge on any atom is 0.322 e. The molecule has 1 fully saturated rings. The predicted octanol–water partition coefficient (Wildman–Crippen LogP) is 5.12. The minimum atomic E-state index is -1.44. The average Bonchev–Trinajstić information content (AvgIpc) is 3.42. The molecule has 0 saturated heterocycles. The van der Waals surface area contributed by atoms with E-state index in [1.54, 1.807) is 6.92 Å². The normalized spacial score (nSPS) is 15.6. The van der Waals surface area contributed by atoms with E-state index in [4.69, 9.17) is 5.73 Å². The fourth-order valence-corrected chi connectivity index (χ4v) is 6.11. The van der Waals surface area contributed by atoms with Gasteiger partial charge < -0.3 is 21.4 Å². The number of hydrogen-bond donors (Lipinski definition) is 5. The highest BCUT2D eigenvalue weighted by molar-refractivity contribution is 6.05. The number of hydrogen-bond acceptors (Lipinski definition) is 6. The standard InChI is InChI=1S/C33H36N6O5/c1-32(19-23-20-35-28-8-4-3-7-27(23)28,38-31(42)37-29(40)22-9-15-26(16-10-22)39(43)44)30(41)36-21-33(17-5-2-6-18-33)24-11-13-25(34)14-12-24/h3-4,7-16,20,35H,2,5-6,17-19,21,34H2,1H3,(H,36,41)(H2,37,38,40,42)/t32-/m0/s1. The lowest BCUT2D eigenvalue weighted by Crippen LogP contribution is -2.61. The highest BCUT2D eigenvalue weighted by Gasteiger charge is 2.40. The van der Waals surface area contributed by atoms with Gasteiger partial charge in [-0.3, -0.25) is 25.0 Å². The molecule has 0 radical (unpaired) electrons. The second-order valence-corrected chi connectivity index (χ2v) is 11.7. The smallest absolute Gasteiger partial charge is 0.322 e. The summed E-state index contributed by atoms with van der Waals surface area (Å²) in [5, 5.41) is 20.0. The molecule has 44 heavy (non-hydrogen) atoms. The summed E-state index contributed by atoms with van der Waals surface area (Å²) in [5.41, 5.74) is 7.64. The van der Waals surface area contributed by atoms with Crippen molar-refractivity contribution in [3.8, 4) is 0 Å². The third kappa shape index (κ3) is 6.56. The minimum Gasteiger partial charge on any atom is -0.399 e. The molecular weight excluding hydrogens is 560 g/mol. The molecule has 1 aliphatic rings. The SMILES string of the molecule is C[C@@](Cc1c[nH]c2ccccc12)(NC(=O)NC(=O)c1ccc([N+](=O)[O-])cc1)C(=O)NCC1(c2ccc(N)cc2)CCCCC1. The first-order valence-corrected chi connectivity index (χ1v) is 14.7. The van der Waals surface area contributed by atoms with Crippen LogP contribution in [-0.2, 0) is 16.6 Å². The minimum absolute atomic E-state index is 0.0660. The van der Waals surface area contributed by atoms with Gasteiger partial charge in [-0.15, -0.1) is 0 Å². The molecule has 3 aromatic carbocycles. The number of carbonyl (C=O) groups excluding carboxylic acids is 3. The molecular formula is C33H36N6O5. The van der Waals surface area contributed by atoms with Crippen molar-refractivity contribution in [3.63, 3.8) is 0 Å². The van der Waals surface area contributed by atoms with Crippen molar-refractivity contribution < 1.29 is 19.3 Å². The van der Waals surface area contributed by atoms with Gasteiger partial charge in [0.15, 0.2) is 0 Å². The van der Waals surface area contributed by atoms with Crippen molar-refractivity contribution in [2.45, 2.75) is 56.4 Å². The number of carbonyl (C=O) groups is 3. The van der Waals surface area contributed by atoms with E-state index >= 15 is 0 Å². The summed E-state index contributed by atoms with van der Waals surface area (Å²) in [4.78, 5) is 53.6. The fourth-order valence-electron chi connectivity index (χ4n) is 6.11. The van der Waals surface area contributed by atoms with E-state index in [0.29, 0.717) is 12.2 Å². The van der Waals surface area contributed by atoms with Crippen LogP contribution in [0.25, 0.3) is 10.9 Å². The van der Waals surface area contributed by atoms with Gasteiger partial charge in [0.25, 0.3) is 11.6 Å². The molecule has 0 unspecified atom stereocenters. The first-order chi connectivity index (χ1) is 21.1. The monoisotopic (exact) mass is 596 g/mol. The number of fused-ring (bicyclic) bond motifs is 1. The summed E-state index contributed by atoms with van der Waals surface area (Å²) in [6.45, 7) is 2.01. The van der Waals surface area contributed by atoms with Crippen LogP contribution in [0, 0.1) is 10.1 Å². The maximum absolute atomic E-state index is 14.1. The first kappa shape index (κ1) is 30.3. The number of nitro groups is 1. The summed E-state index contributed by atoms with van der Waals surface area (Å²) in [6.07, 6.45) is 7.00. The number of benzene rings is 3. The van der Waals surface area contributed by atoms with Crippen molar-refractivity contribution in [3.05, 3.63) is 106 Å². The number of aromatic nitrogens is 1. The second kappa shape index (κ2) is 12.6.